The van der Waals surface area contributed by atoms with Crippen LogP contribution in [0.3, 0.4) is 0 Å². The Morgan fingerprint density at radius 1 is 1.35 bits per heavy atom. The van der Waals surface area contributed by atoms with Gasteiger partial charge in [0.05, 0.1) is 17.9 Å². The van der Waals surface area contributed by atoms with E-state index in [1.807, 2.05) is 6.92 Å². The molecule has 9 heteroatoms. The van der Waals surface area contributed by atoms with Crippen molar-refractivity contribution >= 4 is 28.0 Å². The molecule has 0 aliphatic carbocycles. The van der Waals surface area contributed by atoms with Crippen LogP contribution in [0.4, 0.5) is 10.2 Å². The SMILES string of the molecule is C[C@@H]1COc2c(F)ccc3nc(CCNc4ncnc5nc[nH]c45)n1c23. The third-order valence-corrected chi connectivity index (χ3v) is 4.60. The summed E-state index contributed by atoms with van der Waals surface area (Å²) < 4.78 is 21.7. The Morgan fingerprint density at radius 2 is 2.27 bits per heavy atom. The Bertz CT molecular complexity index is 1120. The van der Waals surface area contributed by atoms with Crippen LogP contribution in [0.2, 0.25) is 0 Å². The number of rotatable bonds is 4. The van der Waals surface area contributed by atoms with Crippen LogP contribution in [0.15, 0.2) is 24.8 Å². The zero-order chi connectivity index (χ0) is 17.7. The van der Waals surface area contributed by atoms with Crippen molar-refractivity contribution < 1.29 is 9.13 Å². The number of nitrogens with one attached hydrogen (secondary N) is 2. The van der Waals surface area contributed by atoms with Gasteiger partial charge in [-0.2, -0.15) is 0 Å². The van der Waals surface area contributed by atoms with E-state index >= 15 is 0 Å². The van der Waals surface area contributed by atoms with E-state index in [1.165, 1.54) is 12.4 Å². The molecule has 0 fully saturated rings. The van der Waals surface area contributed by atoms with E-state index in [1.54, 1.807) is 12.4 Å². The topological polar surface area (TPSA) is 93.5 Å². The number of fused-ring (bicyclic) bond motifs is 1. The van der Waals surface area contributed by atoms with E-state index in [4.69, 9.17) is 4.74 Å². The lowest BCUT2D eigenvalue weighted by Crippen LogP contribution is -2.22. The smallest absolute Gasteiger partial charge is 0.182 e. The van der Waals surface area contributed by atoms with Gasteiger partial charge in [0.1, 0.15) is 29.8 Å². The summed E-state index contributed by atoms with van der Waals surface area (Å²) >= 11 is 0. The molecule has 1 aliphatic rings. The summed E-state index contributed by atoms with van der Waals surface area (Å²) in [6.45, 7) is 3.10. The van der Waals surface area contributed by atoms with E-state index in [-0.39, 0.29) is 11.9 Å². The highest BCUT2D eigenvalue weighted by atomic mass is 19.1. The maximum absolute atomic E-state index is 14.1. The van der Waals surface area contributed by atoms with Crippen LogP contribution in [0.25, 0.3) is 22.2 Å². The maximum atomic E-state index is 14.1. The van der Waals surface area contributed by atoms with Crippen molar-refractivity contribution in [1.82, 2.24) is 29.5 Å². The number of halogens is 1. The van der Waals surface area contributed by atoms with Gasteiger partial charge < -0.3 is 19.6 Å². The van der Waals surface area contributed by atoms with Crippen LogP contribution in [0.1, 0.15) is 18.8 Å². The van der Waals surface area contributed by atoms with Gasteiger partial charge in [0.15, 0.2) is 23.0 Å². The number of hydrogen-bond donors (Lipinski definition) is 2. The molecule has 0 amide bonds. The summed E-state index contributed by atoms with van der Waals surface area (Å²) in [5.41, 5.74) is 2.88. The molecule has 0 spiro atoms. The highest BCUT2D eigenvalue weighted by Crippen LogP contribution is 2.36. The molecule has 2 N–H and O–H groups in total. The first-order valence-corrected chi connectivity index (χ1v) is 8.42. The normalized spacial score (nSPS) is 16.2. The van der Waals surface area contributed by atoms with Gasteiger partial charge in [-0.3, -0.25) is 0 Å². The van der Waals surface area contributed by atoms with Crippen LogP contribution in [0, 0.1) is 5.82 Å². The molecule has 4 aromatic rings. The number of H-pyrrole nitrogens is 1. The van der Waals surface area contributed by atoms with Crippen molar-refractivity contribution in [3.05, 3.63) is 36.4 Å². The fourth-order valence-electron chi connectivity index (χ4n) is 3.44. The highest BCUT2D eigenvalue weighted by Gasteiger charge is 2.26. The monoisotopic (exact) mass is 353 g/mol. The zero-order valence-electron chi connectivity index (χ0n) is 14.0. The molecule has 132 valence electrons. The van der Waals surface area contributed by atoms with Gasteiger partial charge in [-0.1, -0.05) is 0 Å². The minimum atomic E-state index is -0.349. The van der Waals surface area contributed by atoms with Crippen LogP contribution in [-0.4, -0.2) is 42.6 Å². The van der Waals surface area contributed by atoms with Gasteiger partial charge >= 0.3 is 0 Å². The average Bonchev–Trinajstić information content (AvgIpc) is 3.26. The first-order valence-electron chi connectivity index (χ1n) is 8.42. The molecule has 0 unspecified atom stereocenters. The Balaban J connectivity index is 1.45. The summed E-state index contributed by atoms with van der Waals surface area (Å²) in [4.78, 5) is 20.2. The minimum Gasteiger partial charge on any atom is -0.486 e. The number of anilines is 1. The second kappa shape index (κ2) is 5.65. The number of aromatic nitrogens is 6. The lowest BCUT2D eigenvalue weighted by molar-refractivity contribution is 0.235. The van der Waals surface area contributed by atoms with Crippen molar-refractivity contribution in [2.75, 3.05) is 18.5 Å². The highest BCUT2D eigenvalue weighted by molar-refractivity contribution is 5.84. The molecule has 1 aromatic carbocycles. The molecule has 26 heavy (non-hydrogen) atoms. The molecular formula is C17H16FN7O. The minimum absolute atomic E-state index is 0.0997. The molecule has 0 saturated carbocycles. The summed E-state index contributed by atoms with van der Waals surface area (Å²) in [6.07, 6.45) is 3.74. The molecule has 4 heterocycles. The first kappa shape index (κ1) is 15.1. The molecule has 0 bridgehead atoms. The molecular weight excluding hydrogens is 337 g/mol. The third-order valence-electron chi connectivity index (χ3n) is 4.60. The van der Waals surface area contributed by atoms with E-state index in [2.05, 4.69) is 34.8 Å². The molecule has 1 aliphatic heterocycles. The number of hydrogen-bond acceptors (Lipinski definition) is 6. The molecule has 0 radical (unpaired) electrons. The van der Waals surface area contributed by atoms with Crippen molar-refractivity contribution in [1.29, 1.82) is 0 Å². The summed E-state index contributed by atoms with van der Waals surface area (Å²) in [7, 11) is 0. The Labute approximate surface area is 147 Å². The van der Waals surface area contributed by atoms with Gasteiger partial charge in [-0.25, -0.2) is 24.3 Å². The average molecular weight is 353 g/mol. The van der Waals surface area contributed by atoms with Crippen molar-refractivity contribution in [2.45, 2.75) is 19.4 Å². The number of imidazole rings is 2. The predicted octanol–water partition coefficient (Wildman–Crippen LogP) is 2.45. The van der Waals surface area contributed by atoms with Crippen LogP contribution in [-0.2, 0) is 6.42 Å². The molecule has 5 rings (SSSR count). The summed E-state index contributed by atoms with van der Waals surface area (Å²) in [5.74, 6) is 1.54. The summed E-state index contributed by atoms with van der Waals surface area (Å²) in [5, 5.41) is 3.30. The van der Waals surface area contributed by atoms with Gasteiger partial charge in [0.2, 0.25) is 0 Å². The maximum Gasteiger partial charge on any atom is 0.182 e. The van der Waals surface area contributed by atoms with E-state index in [9.17, 15) is 4.39 Å². The van der Waals surface area contributed by atoms with E-state index < -0.39 is 0 Å². The number of ether oxygens (including phenoxy) is 1. The van der Waals surface area contributed by atoms with Gasteiger partial charge in [0, 0.05) is 13.0 Å². The Hall–Kier alpha value is -3.23. The van der Waals surface area contributed by atoms with Crippen molar-refractivity contribution in [3.63, 3.8) is 0 Å². The standard InChI is InChI=1S/C17H16FN7O/c1-9-6-26-15-10(18)2-3-11-14(15)25(9)12(24-11)4-5-19-16-13-17(21-7-20-13)23-8-22-16/h2-3,7-9H,4-6H2,1H3,(H2,19,20,21,22,23)/t9-/m1/s1. The van der Waals surface area contributed by atoms with Crippen molar-refractivity contribution in [3.8, 4) is 5.75 Å². The van der Waals surface area contributed by atoms with Crippen LogP contribution in [0.5, 0.6) is 5.75 Å². The second-order valence-electron chi connectivity index (χ2n) is 6.30. The van der Waals surface area contributed by atoms with Crippen LogP contribution >= 0.6 is 0 Å². The Kier molecular flexibility index (Phi) is 3.27. The lowest BCUT2D eigenvalue weighted by atomic mass is 10.2. The number of benzene rings is 1. The van der Waals surface area contributed by atoms with Crippen LogP contribution < -0.4 is 10.1 Å². The molecule has 1 atom stereocenters. The van der Waals surface area contributed by atoms with Gasteiger partial charge in [0.25, 0.3) is 0 Å². The zero-order valence-corrected chi connectivity index (χ0v) is 14.0. The summed E-state index contributed by atoms with van der Waals surface area (Å²) in [6, 6.07) is 3.20. The number of nitrogens with zero attached hydrogens (tertiary/aromatic N) is 5. The fraction of sp³-hybridized carbons (Fsp3) is 0.294. The third kappa shape index (κ3) is 2.20. The van der Waals surface area contributed by atoms with Crippen molar-refractivity contribution in [2.24, 2.45) is 0 Å². The molecule has 3 aromatic heterocycles. The molecule has 8 nitrogen and oxygen atoms in total. The first-order chi connectivity index (χ1) is 12.7. The van der Waals surface area contributed by atoms with E-state index in [0.29, 0.717) is 36.8 Å². The quantitative estimate of drug-likeness (QED) is 0.585. The number of aromatic amines is 1. The second-order valence-corrected chi connectivity index (χ2v) is 6.30. The predicted molar refractivity (Wildman–Crippen MR) is 93.8 cm³/mol. The lowest BCUT2D eigenvalue weighted by Gasteiger charge is -2.24. The van der Waals surface area contributed by atoms with E-state index in [0.717, 1.165) is 22.4 Å². The largest absolute Gasteiger partial charge is 0.486 e. The van der Waals surface area contributed by atoms with Gasteiger partial charge in [-0.15, -0.1) is 0 Å². The fourth-order valence-corrected chi connectivity index (χ4v) is 3.44. The Morgan fingerprint density at radius 3 is 3.19 bits per heavy atom. The van der Waals surface area contributed by atoms with Gasteiger partial charge in [-0.05, 0) is 19.1 Å². The molecule has 0 saturated heterocycles.